The maximum atomic E-state index is 6.80. The van der Waals surface area contributed by atoms with E-state index in [1.165, 1.54) is 44.1 Å². The Balaban J connectivity index is 1.05. The number of hydrogen-bond donors (Lipinski definition) is 0. The van der Waals surface area contributed by atoms with Gasteiger partial charge in [0.1, 0.15) is 23.0 Å². The Morgan fingerprint density at radius 3 is 1.31 bits per heavy atom. The molecule has 52 heavy (non-hydrogen) atoms. The highest BCUT2D eigenvalue weighted by Gasteiger charge is 2.41. The van der Waals surface area contributed by atoms with Crippen LogP contribution in [0.5, 0.6) is 23.0 Å². The van der Waals surface area contributed by atoms with Crippen molar-refractivity contribution in [2.45, 2.75) is 0 Å². The van der Waals surface area contributed by atoms with Crippen LogP contribution < -0.4 is 25.9 Å². The lowest BCUT2D eigenvalue weighted by Crippen LogP contribution is -2.57. The molecule has 0 aliphatic carbocycles. The van der Waals surface area contributed by atoms with Crippen molar-refractivity contribution in [3.8, 4) is 62.1 Å². The molecule has 0 N–H and O–H groups in total. The summed E-state index contributed by atoms with van der Waals surface area (Å²) in [7, 11) is 0. The molecule has 4 heteroatoms. The molecule has 2 aliphatic rings. The number of benzene rings is 8. The average molecular weight is 664 g/mol. The summed E-state index contributed by atoms with van der Waals surface area (Å²) in [4.78, 5) is 0. The lowest BCUT2D eigenvalue weighted by Gasteiger charge is -2.34. The number of rotatable bonds is 4. The number of aromatic nitrogens is 1. The summed E-state index contributed by atoms with van der Waals surface area (Å²) >= 11 is 0. The van der Waals surface area contributed by atoms with Gasteiger partial charge in [0.15, 0.2) is 0 Å². The minimum atomic E-state index is -0.0449. The fraction of sp³-hybridized carbons (Fsp3) is 0. The first-order valence-corrected chi connectivity index (χ1v) is 17.8. The summed E-state index contributed by atoms with van der Waals surface area (Å²) < 4.78 is 16.0. The summed E-state index contributed by atoms with van der Waals surface area (Å²) in [6.07, 6.45) is 0. The van der Waals surface area contributed by atoms with Crippen LogP contribution in [0.2, 0.25) is 0 Å². The summed E-state index contributed by atoms with van der Waals surface area (Å²) in [6, 6.07) is 64.8. The zero-order valence-electron chi connectivity index (χ0n) is 28.2. The van der Waals surface area contributed by atoms with E-state index in [2.05, 4.69) is 187 Å². The van der Waals surface area contributed by atoms with Crippen LogP contribution in [-0.4, -0.2) is 11.3 Å². The van der Waals surface area contributed by atoms with E-state index in [1.807, 2.05) is 0 Å². The van der Waals surface area contributed by atoms with Gasteiger partial charge in [0.05, 0.1) is 11.0 Å². The molecule has 0 unspecified atom stereocenters. The molecule has 242 valence electrons. The smallest absolute Gasteiger partial charge is 0.260 e. The van der Waals surface area contributed by atoms with E-state index < -0.39 is 0 Å². The molecular weight excluding hydrogens is 633 g/mol. The molecule has 0 saturated carbocycles. The Morgan fingerprint density at radius 1 is 0.346 bits per heavy atom. The second-order valence-electron chi connectivity index (χ2n) is 13.7. The summed E-state index contributed by atoms with van der Waals surface area (Å²) in [6.45, 7) is -0.0449. The molecule has 9 aromatic rings. The molecule has 1 aromatic heterocycles. The van der Waals surface area contributed by atoms with Gasteiger partial charge in [-0.25, -0.2) is 0 Å². The molecule has 2 aliphatic heterocycles. The molecule has 0 spiro atoms. The van der Waals surface area contributed by atoms with Crippen LogP contribution in [0.15, 0.2) is 182 Å². The minimum Gasteiger partial charge on any atom is -0.458 e. The lowest BCUT2D eigenvalue weighted by molar-refractivity contribution is 0.465. The van der Waals surface area contributed by atoms with E-state index in [0.717, 1.165) is 56.2 Å². The van der Waals surface area contributed by atoms with Crippen molar-refractivity contribution in [3.63, 3.8) is 0 Å². The molecule has 0 atom stereocenters. The van der Waals surface area contributed by atoms with Crippen LogP contribution in [0, 0.1) is 0 Å². The molecule has 0 bridgehead atoms. The van der Waals surface area contributed by atoms with E-state index in [0.29, 0.717) is 0 Å². The highest BCUT2D eigenvalue weighted by atomic mass is 16.5. The van der Waals surface area contributed by atoms with Gasteiger partial charge in [-0.2, -0.15) is 0 Å². The predicted molar refractivity (Wildman–Crippen MR) is 215 cm³/mol. The summed E-state index contributed by atoms with van der Waals surface area (Å²) in [5.41, 5.74) is 13.7. The number of nitrogens with zero attached hydrogens (tertiary/aromatic N) is 1. The second kappa shape index (κ2) is 11.4. The first-order valence-electron chi connectivity index (χ1n) is 17.8. The summed E-state index contributed by atoms with van der Waals surface area (Å²) in [5, 5.41) is 2.51. The van der Waals surface area contributed by atoms with E-state index in [9.17, 15) is 0 Å². The lowest BCUT2D eigenvalue weighted by atomic mass is 9.34. The molecule has 0 amide bonds. The zero-order valence-corrected chi connectivity index (χ0v) is 28.2. The van der Waals surface area contributed by atoms with Gasteiger partial charge in [0.2, 0.25) is 0 Å². The quantitative estimate of drug-likeness (QED) is 0.175. The maximum Gasteiger partial charge on any atom is 0.260 e. The molecule has 11 rings (SSSR count). The van der Waals surface area contributed by atoms with E-state index in [-0.39, 0.29) is 6.71 Å². The monoisotopic (exact) mass is 663 g/mol. The van der Waals surface area contributed by atoms with Crippen molar-refractivity contribution < 1.29 is 9.47 Å². The SMILES string of the molecule is c1ccc(-c2ccc3c(c2)B2c4cc(-c5ccccc5)ccc4Oc4cc(-c5ccc(-n6c7ccccc7c7ccccc76)cc5)cc(c42)O3)cc1. The van der Waals surface area contributed by atoms with Crippen LogP contribution in [0.3, 0.4) is 0 Å². The van der Waals surface area contributed by atoms with Gasteiger partial charge in [-0.1, -0.05) is 133 Å². The van der Waals surface area contributed by atoms with Gasteiger partial charge in [0.25, 0.3) is 6.71 Å². The Kier molecular flexibility index (Phi) is 6.35. The van der Waals surface area contributed by atoms with E-state index >= 15 is 0 Å². The van der Waals surface area contributed by atoms with Crippen LogP contribution >= 0.6 is 0 Å². The third kappa shape index (κ3) is 4.48. The van der Waals surface area contributed by atoms with Crippen molar-refractivity contribution >= 4 is 44.9 Å². The topological polar surface area (TPSA) is 23.4 Å². The maximum absolute atomic E-state index is 6.80. The van der Waals surface area contributed by atoms with Gasteiger partial charge in [-0.3, -0.25) is 0 Å². The molecule has 3 heterocycles. The van der Waals surface area contributed by atoms with Gasteiger partial charge in [0, 0.05) is 21.9 Å². The Morgan fingerprint density at radius 2 is 0.788 bits per heavy atom. The first kappa shape index (κ1) is 29.0. The number of ether oxygens (including phenoxy) is 2. The van der Waals surface area contributed by atoms with Crippen LogP contribution in [0.25, 0.3) is 60.9 Å². The van der Waals surface area contributed by atoms with Gasteiger partial charge < -0.3 is 14.0 Å². The van der Waals surface area contributed by atoms with Crippen molar-refractivity contribution in [2.24, 2.45) is 0 Å². The molecule has 0 radical (unpaired) electrons. The zero-order chi connectivity index (χ0) is 34.2. The highest BCUT2D eigenvalue weighted by molar-refractivity contribution is 6.98. The van der Waals surface area contributed by atoms with Crippen LogP contribution in [-0.2, 0) is 0 Å². The third-order valence-electron chi connectivity index (χ3n) is 10.7. The van der Waals surface area contributed by atoms with Crippen molar-refractivity contribution in [1.82, 2.24) is 4.57 Å². The number of fused-ring (bicyclic) bond motifs is 7. The number of para-hydroxylation sites is 2. The van der Waals surface area contributed by atoms with Crippen molar-refractivity contribution in [2.75, 3.05) is 0 Å². The molecule has 0 saturated heterocycles. The predicted octanol–water partition coefficient (Wildman–Crippen LogP) is 10.5. The Labute approximate surface area is 302 Å². The van der Waals surface area contributed by atoms with Gasteiger partial charge in [-0.15, -0.1) is 0 Å². The van der Waals surface area contributed by atoms with Gasteiger partial charge in [-0.05, 0) is 92.8 Å². The largest absolute Gasteiger partial charge is 0.458 e. The van der Waals surface area contributed by atoms with Crippen molar-refractivity contribution in [3.05, 3.63) is 182 Å². The normalized spacial score (nSPS) is 12.5. The fourth-order valence-electron chi connectivity index (χ4n) is 8.29. The highest BCUT2D eigenvalue weighted by Crippen LogP contribution is 2.40. The Bertz CT molecular complexity index is 2670. The van der Waals surface area contributed by atoms with E-state index in [1.54, 1.807) is 0 Å². The summed E-state index contributed by atoms with van der Waals surface area (Å²) in [5.74, 6) is 3.42. The fourth-order valence-corrected chi connectivity index (χ4v) is 8.29. The molecule has 0 fully saturated rings. The van der Waals surface area contributed by atoms with Gasteiger partial charge >= 0.3 is 0 Å². The first-order chi connectivity index (χ1) is 25.8. The van der Waals surface area contributed by atoms with Crippen LogP contribution in [0.1, 0.15) is 0 Å². The van der Waals surface area contributed by atoms with Crippen molar-refractivity contribution in [1.29, 1.82) is 0 Å². The molecule has 8 aromatic carbocycles. The molecular formula is C48H30BNO2. The molecule has 3 nitrogen and oxygen atoms in total. The average Bonchev–Trinajstić information content (AvgIpc) is 3.55. The van der Waals surface area contributed by atoms with Crippen LogP contribution in [0.4, 0.5) is 0 Å². The van der Waals surface area contributed by atoms with E-state index in [4.69, 9.17) is 9.47 Å². The Hall–Kier alpha value is -6.78. The number of hydrogen-bond acceptors (Lipinski definition) is 2. The third-order valence-corrected chi connectivity index (χ3v) is 10.7. The standard InChI is InChI=1S/C48H30BNO2/c1-3-11-31(12-4-1)34-21-25-44-40(27-34)49-41-28-35(32-13-5-2-6-14-32)22-26-45(41)52-47-30-36(29-46(51-44)48(47)49)33-19-23-37(24-20-33)50-42-17-9-7-15-38(42)39-16-8-10-18-43(39)50/h1-30H. The minimum absolute atomic E-state index is 0.0449. The second-order valence-corrected chi connectivity index (χ2v) is 13.7.